The number of hydrogen-bond donors (Lipinski definition) is 1. The Kier molecular flexibility index (Phi) is 6.19. The van der Waals surface area contributed by atoms with Crippen LogP contribution in [0.4, 0.5) is 4.39 Å². The van der Waals surface area contributed by atoms with E-state index in [0.717, 1.165) is 48.0 Å². The van der Waals surface area contributed by atoms with Crippen LogP contribution in [-0.2, 0) is 13.1 Å². The van der Waals surface area contributed by atoms with E-state index in [-0.39, 0.29) is 5.56 Å². The van der Waals surface area contributed by atoms with Crippen LogP contribution in [0, 0.1) is 5.82 Å². The highest BCUT2D eigenvalue weighted by molar-refractivity contribution is 7.16. The number of fused-ring (bicyclic) bond motifs is 1. The first-order valence-electron chi connectivity index (χ1n) is 10.9. The van der Waals surface area contributed by atoms with Crippen molar-refractivity contribution in [1.29, 1.82) is 0 Å². The van der Waals surface area contributed by atoms with Crippen LogP contribution in [0.1, 0.15) is 45.1 Å². The molecule has 0 saturated carbocycles. The topological polar surface area (TPSA) is 58.4 Å². The molecule has 1 aliphatic rings. The molecule has 3 aromatic heterocycles. The van der Waals surface area contributed by atoms with Gasteiger partial charge in [-0.1, -0.05) is 17.7 Å². The second-order valence-corrected chi connectivity index (χ2v) is 10.3. The molecule has 33 heavy (non-hydrogen) atoms. The van der Waals surface area contributed by atoms with Gasteiger partial charge in [-0.05, 0) is 79.4 Å². The fraction of sp³-hybridized carbons (Fsp3) is 0.280. The van der Waals surface area contributed by atoms with Gasteiger partial charge in [0.25, 0.3) is 0 Å². The van der Waals surface area contributed by atoms with E-state index in [0.29, 0.717) is 12.5 Å². The molecule has 8 heteroatoms. The maximum Gasteiger partial charge on any atom is 0.338 e. The molecule has 1 saturated heterocycles. The quantitative estimate of drug-likeness (QED) is 0.364. The van der Waals surface area contributed by atoms with Crippen molar-refractivity contribution in [2.45, 2.75) is 31.8 Å². The minimum atomic E-state index is -1.23. The summed E-state index contributed by atoms with van der Waals surface area (Å²) >= 11 is 7.71. The Bertz CT molecular complexity index is 1310. The van der Waals surface area contributed by atoms with Gasteiger partial charge in [0, 0.05) is 29.2 Å². The van der Waals surface area contributed by atoms with E-state index in [1.807, 2.05) is 18.3 Å². The normalized spacial score (nSPS) is 15.3. The van der Waals surface area contributed by atoms with Crippen molar-refractivity contribution >= 4 is 39.9 Å². The van der Waals surface area contributed by atoms with Crippen LogP contribution in [0.5, 0.6) is 0 Å². The molecule has 1 aromatic carbocycles. The predicted molar refractivity (Wildman–Crippen MR) is 129 cm³/mol. The van der Waals surface area contributed by atoms with Crippen LogP contribution < -0.4 is 0 Å². The zero-order valence-corrected chi connectivity index (χ0v) is 19.4. The van der Waals surface area contributed by atoms with Gasteiger partial charge in [-0.2, -0.15) is 0 Å². The summed E-state index contributed by atoms with van der Waals surface area (Å²) in [7, 11) is 0. The number of likely N-dealkylation sites (tertiary alicyclic amines) is 1. The lowest BCUT2D eigenvalue weighted by Gasteiger charge is -2.32. The molecule has 1 fully saturated rings. The molecule has 0 atom stereocenters. The Morgan fingerprint density at radius 1 is 1.18 bits per heavy atom. The third kappa shape index (κ3) is 4.67. The van der Waals surface area contributed by atoms with Crippen molar-refractivity contribution in [3.63, 3.8) is 0 Å². The van der Waals surface area contributed by atoms with Crippen molar-refractivity contribution < 1.29 is 14.3 Å². The Morgan fingerprint density at radius 3 is 2.73 bits per heavy atom. The van der Waals surface area contributed by atoms with E-state index in [1.165, 1.54) is 28.0 Å². The number of carboxylic acid groups (broad SMARTS) is 1. The first-order chi connectivity index (χ1) is 16.0. The number of carbonyl (C=O) groups is 1. The lowest BCUT2D eigenvalue weighted by Crippen LogP contribution is -2.32. The maximum absolute atomic E-state index is 13.7. The Morgan fingerprint density at radius 2 is 2.00 bits per heavy atom. The number of carboxylic acids is 1. The summed E-state index contributed by atoms with van der Waals surface area (Å²) in [5.74, 6) is -1.49. The highest BCUT2D eigenvalue weighted by atomic mass is 35.5. The molecule has 5 nitrogen and oxygen atoms in total. The van der Waals surface area contributed by atoms with Crippen molar-refractivity contribution in [3.8, 4) is 0 Å². The monoisotopic (exact) mass is 483 g/mol. The van der Waals surface area contributed by atoms with Gasteiger partial charge in [0.1, 0.15) is 11.5 Å². The maximum atomic E-state index is 13.7. The molecule has 0 unspecified atom stereocenters. The number of hydrogen-bond acceptors (Lipinski definition) is 4. The lowest BCUT2D eigenvalue weighted by atomic mass is 9.89. The highest BCUT2D eigenvalue weighted by Gasteiger charge is 2.24. The number of aromatic nitrogens is 2. The number of halogens is 2. The van der Waals surface area contributed by atoms with Crippen molar-refractivity contribution in [2.75, 3.05) is 13.1 Å². The van der Waals surface area contributed by atoms with Crippen LogP contribution >= 0.6 is 22.9 Å². The summed E-state index contributed by atoms with van der Waals surface area (Å²) in [6, 6.07) is 12.5. The number of benzene rings is 1. The van der Waals surface area contributed by atoms with Gasteiger partial charge >= 0.3 is 5.97 Å². The van der Waals surface area contributed by atoms with Crippen LogP contribution in [0.3, 0.4) is 0 Å². The standard InChI is InChI=1S/C25H23ClFN3O2S/c26-23-6-4-18(33-23)14-30-15-21(19-2-1-9-28-24(19)30)17-7-10-29(11-8-17)13-16-3-5-22(27)20(12-16)25(31)32/h1-6,9,12,15,17H,7-8,10-11,13-14H2,(H,31,32). The molecule has 4 aromatic rings. The van der Waals surface area contributed by atoms with Gasteiger partial charge in [-0.3, -0.25) is 4.90 Å². The molecule has 5 rings (SSSR count). The van der Waals surface area contributed by atoms with E-state index in [1.54, 1.807) is 17.4 Å². The molecular weight excluding hydrogens is 461 g/mol. The third-order valence-electron chi connectivity index (χ3n) is 6.31. The van der Waals surface area contributed by atoms with Crippen LogP contribution in [0.15, 0.2) is 54.9 Å². The molecule has 0 aliphatic carbocycles. The average molecular weight is 484 g/mol. The third-order valence-corrected chi connectivity index (χ3v) is 7.53. The number of aromatic carboxylic acids is 1. The average Bonchev–Trinajstić information content (AvgIpc) is 3.39. The molecule has 170 valence electrons. The largest absolute Gasteiger partial charge is 0.478 e. The molecular formula is C25H23ClFN3O2S. The van der Waals surface area contributed by atoms with Gasteiger partial charge in [0.05, 0.1) is 16.4 Å². The second kappa shape index (κ2) is 9.25. The van der Waals surface area contributed by atoms with Crippen molar-refractivity contribution in [1.82, 2.24) is 14.5 Å². The summed E-state index contributed by atoms with van der Waals surface area (Å²) in [6.45, 7) is 3.17. The number of rotatable bonds is 6. The highest BCUT2D eigenvalue weighted by Crippen LogP contribution is 2.35. The summed E-state index contributed by atoms with van der Waals surface area (Å²) in [6.07, 6.45) is 6.09. The Labute approximate surface area is 200 Å². The summed E-state index contributed by atoms with van der Waals surface area (Å²) in [4.78, 5) is 19.4. The molecule has 0 spiro atoms. The first-order valence-corrected chi connectivity index (χ1v) is 12.1. The lowest BCUT2D eigenvalue weighted by molar-refractivity contribution is 0.0691. The number of thiophene rings is 1. The van der Waals surface area contributed by atoms with Crippen LogP contribution in [0.2, 0.25) is 4.34 Å². The van der Waals surface area contributed by atoms with Gasteiger partial charge in [0.2, 0.25) is 0 Å². The van der Waals surface area contributed by atoms with E-state index in [2.05, 4.69) is 32.8 Å². The van der Waals surface area contributed by atoms with E-state index in [4.69, 9.17) is 11.6 Å². The van der Waals surface area contributed by atoms with E-state index >= 15 is 0 Å². The molecule has 4 heterocycles. The second-order valence-electron chi connectivity index (χ2n) is 8.46. The SMILES string of the molecule is O=C(O)c1cc(CN2CCC(c3cn(Cc4ccc(Cl)s4)c4ncccc34)CC2)ccc1F. The van der Waals surface area contributed by atoms with E-state index < -0.39 is 11.8 Å². The van der Waals surface area contributed by atoms with Crippen LogP contribution in [0.25, 0.3) is 11.0 Å². The fourth-order valence-corrected chi connectivity index (χ4v) is 5.78. The Balaban J connectivity index is 1.31. The fourth-order valence-electron chi connectivity index (χ4n) is 4.70. The van der Waals surface area contributed by atoms with Gasteiger partial charge < -0.3 is 9.67 Å². The van der Waals surface area contributed by atoms with Gasteiger partial charge in [-0.15, -0.1) is 11.3 Å². The van der Waals surface area contributed by atoms with Gasteiger partial charge in [-0.25, -0.2) is 14.2 Å². The van der Waals surface area contributed by atoms with Gasteiger partial charge in [0.15, 0.2) is 0 Å². The minimum Gasteiger partial charge on any atom is -0.478 e. The molecule has 0 radical (unpaired) electrons. The summed E-state index contributed by atoms with van der Waals surface area (Å²) in [5.41, 5.74) is 2.87. The molecule has 0 bridgehead atoms. The molecule has 1 aliphatic heterocycles. The first kappa shape index (κ1) is 22.1. The summed E-state index contributed by atoms with van der Waals surface area (Å²) in [5, 5.41) is 10.4. The Hall–Kier alpha value is -2.74. The minimum absolute atomic E-state index is 0.269. The molecule has 1 N–H and O–H groups in total. The van der Waals surface area contributed by atoms with Crippen molar-refractivity contribution in [2.24, 2.45) is 0 Å². The molecule has 0 amide bonds. The number of nitrogens with zero attached hydrogens (tertiary/aromatic N) is 3. The smallest absolute Gasteiger partial charge is 0.338 e. The zero-order chi connectivity index (χ0) is 22.9. The van der Waals surface area contributed by atoms with Crippen molar-refractivity contribution in [3.05, 3.63) is 86.6 Å². The summed E-state index contributed by atoms with van der Waals surface area (Å²) < 4.78 is 16.7. The number of piperidine rings is 1. The zero-order valence-electron chi connectivity index (χ0n) is 17.9. The predicted octanol–water partition coefficient (Wildman–Crippen LogP) is 6.02. The van der Waals surface area contributed by atoms with E-state index in [9.17, 15) is 14.3 Å². The number of pyridine rings is 1. The van der Waals surface area contributed by atoms with Crippen LogP contribution in [-0.4, -0.2) is 38.6 Å².